The molecule has 0 aliphatic rings. The Hall–Kier alpha value is -1.71. The third kappa shape index (κ3) is 2.71. The van der Waals surface area contributed by atoms with Crippen molar-refractivity contribution >= 4 is 26.8 Å². The molecule has 3 aromatic rings. The molecule has 0 spiro atoms. The third-order valence-electron chi connectivity index (χ3n) is 3.75. The van der Waals surface area contributed by atoms with E-state index in [-0.39, 0.29) is 6.04 Å². The maximum atomic E-state index is 4.45. The lowest BCUT2D eigenvalue weighted by atomic mass is 9.95. The van der Waals surface area contributed by atoms with E-state index in [2.05, 4.69) is 75.6 Å². The van der Waals surface area contributed by atoms with Crippen molar-refractivity contribution in [3.63, 3.8) is 0 Å². The summed E-state index contributed by atoms with van der Waals surface area (Å²) in [5.74, 6) is 0. The van der Waals surface area contributed by atoms with Crippen molar-refractivity contribution in [2.75, 3.05) is 7.05 Å². The van der Waals surface area contributed by atoms with Gasteiger partial charge in [-0.2, -0.15) is 0 Å². The van der Waals surface area contributed by atoms with Crippen LogP contribution in [0.5, 0.6) is 0 Å². The van der Waals surface area contributed by atoms with Crippen LogP contribution in [-0.4, -0.2) is 12.0 Å². The summed E-state index contributed by atoms with van der Waals surface area (Å²) in [6.45, 7) is 2.10. The number of nitrogens with zero attached hydrogens (tertiary/aromatic N) is 1. The zero-order valence-corrected chi connectivity index (χ0v) is 13.7. The van der Waals surface area contributed by atoms with Crippen LogP contribution in [0.2, 0.25) is 0 Å². The average Bonchev–Trinajstić information content (AvgIpc) is 2.50. The maximum Gasteiger partial charge on any atom is 0.0705 e. The molecular formula is C18H17BrN2. The van der Waals surface area contributed by atoms with Crippen LogP contribution in [0.25, 0.3) is 10.9 Å². The van der Waals surface area contributed by atoms with Gasteiger partial charge in [0.05, 0.1) is 11.6 Å². The van der Waals surface area contributed by atoms with Gasteiger partial charge in [-0.15, -0.1) is 0 Å². The predicted octanol–water partition coefficient (Wildman–Crippen LogP) is 4.61. The van der Waals surface area contributed by atoms with E-state index < -0.39 is 0 Å². The van der Waals surface area contributed by atoms with Gasteiger partial charge in [0, 0.05) is 16.1 Å². The molecule has 1 N–H and O–H groups in total. The van der Waals surface area contributed by atoms with Crippen LogP contribution in [0, 0.1) is 6.92 Å². The lowest BCUT2D eigenvalue weighted by molar-refractivity contribution is 0.693. The number of hydrogen-bond donors (Lipinski definition) is 1. The van der Waals surface area contributed by atoms with E-state index in [1.54, 1.807) is 0 Å². The second kappa shape index (κ2) is 5.96. The summed E-state index contributed by atoms with van der Waals surface area (Å²) < 4.78 is 1.13. The van der Waals surface area contributed by atoms with Crippen molar-refractivity contribution in [3.05, 3.63) is 75.9 Å². The fraction of sp³-hybridized carbons (Fsp3) is 0.167. The fourth-order valence-electron chi connectivity index (χ4n) is 2.72. The molecular weight excluding hydrogens is 324 g/mol. The van der Waals surface area contributed by atoms with Gasteiger partial charge in [-0.25, -0.2) is 0 Å². The molecule has 2 aromatic carbocycles. The molecule has 1 aromatic heterocycles. The molecule has 106 valence electrons. The SMILES string of the molecule is CNC(c1ccc(C)cc1Br)c1cccc2ncccc12. The average molecular weight is 341 g/mol. The lowest BCUT2D eigenvalue weighted by Gasteiger charge is -2.20. The zero-order valence-electron chi connectivity index (χ0n) is 12.1. The van der Waals surface area contributed by atoms with Crippen LogP contribution in [0.4, 0.5) is 0 Å². The van der Waals surface area contributed by atoms with Crippen molar-refractivity contribution < 1.29 is 0 Å². The van der Waals surface area contributed by atoms with Gasteiger partial charge in [0.1, 0.15) is 0 Å². The van der Waals surface area contributed by atoms with E-state index in [0.717, 1.165) is 9.99 Å². The molecule has 0 aliphatic carbocycles. The monoisotopic (exact) mass is 340 g/mol. The Labute approximate surface area is 133 Å². The van der Waals surface area contributed by atoms with Gasteiger partial charge in [-0.3, -0.25) is 4.98 Å². The topological polar surface area (TPSA) is 24.9 Å². The van der Waals surface area contributed by atoms with Gasteiger partial charge in [0.2, 0.25) is 0 Å². The molecule has 21 heavy (non-hydrogen) atoms. The summed E-state index contributed by atoms with van der Waals surface area (Å²) >= 11 is 3.69. The normalized spacial score (nSPS) is 12.5. The Morgan fingerprint density at radius 2 is 1.90 bits per heavy atom. The van der Waals surface area contributed by atoms with E-state index in [0.29, 0.717) is 0 Å². The molecule has 3 heteroatoms. The summed E-state index contributed by atoms with van der Waals surface area (Å²) in [4.78, 5) is 4.45. The molecule has 0 bridgehead atoms. The Bertz CT molecular complexity index is 778. The maximum absolute atomic E-state index is 4.45. The van der Waals surface area contributed by atoms with E-state index in [1.165, 1.54) is 22.1 Å². The summed E-state index contributed by atoms with van der Waals surface area (Å²) in [5, 5.41) is 4.62. The van der Waals surface area contributed by atoms with E-state index in [1.807, 2.05) is 19.3 Å². The molecule has 0 amide bonds. The molecule has 0 radical (unpaired) electrons. The first-order valence-electron chi connectivity index (χ1n) is 6.97. The lowest BCUT2D eigenvalue weighted by Crippen LogP contribution is -2.18. The van der Waals surface area contributed by atoms with Crippen LogP contribution in [0.15, 0.2) is 59.2 Å². The Balaban J connectivity index is 2.18. The molecule has 0 saturated heterocycles. The van der Waals surface area contributed by atoms with E-state index in [4.69, 9.17) is 0 Å². The number of nitrogens with one attached hydrogen (secondary N) is 1. The minimum absolute atomic E-state index is 0.132. The number of aromatic nitrogens is 1. The standard InChI is InChI=1S/C18H17BrN2/c1-12-8-9-15(16(19)11-12)18(20-2)14-5-3-7-17-13(14)6-4-10-21-17/h3-11,18,20H,1-2H3. The van der Waals surface area contributed by atoms with Gasteiger partial charge in [-0.1, -0.05) is 46.3 Å². The third-order valence-corrected chi connectivity index (χ3v) is 4.43. The van der Waals surface area contributed by atoms with Crippen LogP contribution in [0.1, 0.15) is 22.7 Å². The molecule has 0 saturated carbocycles. The highest BCUT2D eigenvalue weighted by molar-refractivity contribution is 9.10. The first kappa shape index (κ1) is 14.2. The van der Waals surface area contributed by atoms with Crippen molar-refractivity contribution in [3.8, 4) is 0 Å². The van der Waals surface area contributed by atoms with Gasteiger partial charge < -0.3 is 5.32 Å². The first-order valence-corrected chi connectivity index (χ1v) is 7.77. The van der Waals surface area contributed by atoms with E-state index in [9.17, 15) is 0 Å². The molecule has 0 fully saturated rings. The second-order valence-corrected chi connectivity index (χ2v) is 6.02. The Morgan fingerprint density at radius 1 is 1.05 bits per heavy atom. The van der Waals surface area contributed by atoms with Gasteiger partial charge >= 0.3 is 0 Å². The summed E-state index contributed by atoms with van der Waals surface area (Å²) in [6, 6.07) is 17.0. The van der Waals surface area contributed by atoms with Crippen molar-refractivity contribution in [2.45, 2.75) is 13.0 Å². The minimum atomic E-state index is 0.132. The molecule has 0 aliphatic heterocycles. The number of pyridine rings is 1. The van der Waals surface area contributed by atoms with Crippen LogP contribution < -0.4 is 5.32 Å². The first-order chi connectivity index (χ1) is 10.2. The smallest absolute Gasteiger partial charge is 0.0705 e. The molecule has 3 rings (SSSR count). The van der Waals surface area contributed by atoms with Gasteiger partial charge in [0.15, 0.2) is 0 Å². The van der Waals surface area contributed by atoms with Crippen LogP contribution in [-0.2, 0) is 0 Å². The Kier molecular flexibility index (Phi) is 4.04. The van der Waals surface area contributed by atoms with E-state index >= 15 is 0 Å². The summed E-state index contributed by atoms with van der Waals surface area (Å²) in [5.41, 5.74) is 4.76. The summed E-state index contributed by atoms with van der Waals surface area (Å²) in [6.07, 6.45) is 1.84. The number of rotatable bonds is 3. The fourth-order valence-corrected chi connectivity index (χ4v) is 3.45. The number of halogens is 1. The zero-order chi connectivity index (χ0) is 14.8. The number of hydrogen-bond acceptors (Lipinski definition) is 2. The highest BCUT2D eigenvalue weighted by Crippen LogP contribution is 2.32. The highest BCUT2D eigenvalue weighted by Gasteiger charge is 2.17. The van der Waals surface area contributed by atoms with Crippen molar-refractivity contribution in [1.29, 1.82) is 0 Å². The minimum Gasteiger partial charge on any atom is -0.309 e. The second-order valence-electron chi connectivity index (χ2n) is 5.16. The largest absolute Gasteiger partial charge is 0.309 e. The van der Waals surface area contributed by atoms with Crippen LogP contribution in [0.3, 0.4) is 0 Å². The van der Waals surface area contributed by atoms with Gasteiger partial charge in [-0.05, 0) is 48.9 Å². The van der Waals surface area contributed by atoms with Crippen molar-refractivity contribution in [1.82, 2.24) is 10.3 Å². The molecule has 2 nitrogen and oxygen atoms in total. The Morgan fingerprint density at radius 3 is 2.67 bits per heavy atom. The quantitative estimate of drug-likeness (QED) is 0.752. The number of fused-ring (bicyclic) bond motifs is 1. The van der Waals surface area contributed by atoms with Gasteiger partial charge in [0.25, 0.3) is 0 Å². The predicted molar refractivity (Wildman–Crippen MR) is 91.5 cm³/mol. The van der Waals surface area contributed by atoms with Crippen LogP contribution >= 0.6 is 15.9 Å². The molecule has 1 unspecified atom stereocenters. The molecule has 1 atom stereocenters. The number of aryl methyl sites for hydroxylation is 1. The highest BCUT2D eigenvalue weighted by atomic mass is 79.9. The van der Waals surface area contributed by atoms with Crippen molar-refractivity contribution in [2.24, 2.45) is 0 Å². The summed E-state index contributed by atoms with van der Waals surface area (Å²) in [7, 11) is 1.99. The molecule has 1 heterocycles. The number of benzene rings is 2.